The molecule has 2 aromatic heterocycles. The van der Waals surface area contributed by atoms with Crippen molar-refractivity contribution >= 4 is 23.4 Å². The van der Waals surface area contributed by atoms with E-state index in [0.717, 1.165) is 29.1 Å². The largest absolute Gasteiger partial charge is 0.497 e. The van der Waals surface area contributed by atoms with Crippen LogP contribution in [0.3, 0.4) is 0 Å². The zero-order valence-electron chi connectivity index (χ0n) is 26.6. The predicted molar refractivity (Wildman–Crippen MR) is 174 cm³/mol. The van der Waals surface area contributed by atoms with E-state index in [1.807, 2.05) is 19.1 Å². The fourth-order valence-electron chi connectivity index (χ4n) is 6.05. The quantitative estimate of drug-likeness (QED) is 0.229. The molecule has 3 heterocycles. The summed E-state index contributed by atoms with van der Waals surface area (Å²) in [5.41, 5.74) is 7.91. The van der Waals surface area contributed by atoms with E-state index in [0.29, 0.717) is 44.1 Å². The molecule has 9 heteroatoms. The second-order valence-corrected chi connectivity index (χ2v) is 11.9. The van der Waals surface area contributed by atoms with Crippen LogP contribution in [0.4, 0.5) is 0 Å². The molecule has 0 aliphatic carbocycles. The number of carbonyl (C=O) groups is 1. The van der Waals surface area contributed by atoms with Crippen molar-refractivity contribution < 1.29 is 19.0 Å². The lowest BCUT2D eigenvalue weighted by Gasteiger charge is -2.27. The Kier molecular flexibility index (Phi) is 8.97. The van der Waals surface area contributed by atoms with Crippen molar-refractivity contribution in [2.24, 2.45) is 4.99 Å². The van der Waals surface area contributed by atoms with Crippen molar-refractivity contribution in [2.45, 2.75) is 60.4 Å². The van der Waals surface area contributed by atoms with Crippen molar-refractivity contribution in [3.05, 3.63) is 107 Å². The minimum atomic E-state index is -0.805. The van der Waals surface area contributed by atoms with E-state index in [2.05, 4.69) is 56.5 Å². The third-order valence-corrected chi connectivity index (χ3v) is 9.03. The van der Waals surface area contributed by atoms with Crippen LogP contribution in [0, 0.1) is 27.7 Å². The Morgan fingerprint density at radius 3 is 2.39 bits per heavy atom. The van der Waals surface area contributed by atoms with Gasteiger partial charge in [-0.15, -0.1) is 0 Å². The normalized spacial score (nSPS) is 14.8. The van der Waals surface area contributed by atoms with Crippen molar-refractivity contribution in [2.75, 3.05) is 20.8 Å². The number of nitrogens with zero attached hydrogens (tertiary/aromatic N) is 3. The smallest absolute Gasteiger partial charge is 0.338 e. The van der Waals surface area contributed by atoms with Gasteiger partial charge in [-0.2, -0.15) is 0 Å². The molecule has 0 amide bonds. The summed E-state index contributed by atoms with van der Waals surface area (Å²) in [6.07, 6.45) is 3.26. The molecule has 5 rings (SSSR count). The lowest BCUT2D eigenvalue weighted by Crippen LogP contribution is -2.40. The van der Waals surface area contributed by atoms with E-state index in [4.69, 9.17) is 19.2 Å². The van der Waals surface area contributed by atoms with Crippen LogP contribution in [-0.4, -0.2) is 35.9 Å². The summed E-state index contributed by atoms with van der Waals surface area (Å²) in [5.74, 6) is 0.613. The molecule has 8 nitrogen and oxygen atoms in total. The number of methoxy groups -OCH3 is 2. The summed E-state index contributed by atoms with van der Waals surface area (Å²) in [5, 5.41) is 0. The fourth-order valence-corrected chi connectivity index (χ4v) is 7.06. The number of aryl methyl sites for hydroxylation is 3. The topological polar surface area (TPSA) is 84.0 Å². The molecule has 4 aromatic rings. The number of hydrogen-bond donors (Lipinski definition) is 0. The Labute approximate surface area is 261 Å². The van der Waals surface area contributed by atoms with Gasteiger partial charge in [-0.25, -0.2) is 9.79 Å². The molecule has 0 saturated carbocycles. The van der Waals surface area contributed by atoms with Crippen molar-refractivity contribution in [1.29, 1.82) is 0 Å². The molecule has 2 aromatic carbocycles. The maximum Gasteiger partial charge on any atom is 0.338 e. The number of hydrogen-bond acceptors (Lipinski definition) is 7. The zero-order chi connectivity index (χ0) is 31.7. The molecule has 1 aliphatic rings. The summed E-state index contributed by atoms with van der Waals surface area (Å²) in [6.45, 7) is 12.4. The van der Waals surface area contributed by atoms with Gasteiger partial charge in [0.2, 0.25) is 0 Å². The Bertz CT molecular complexity index is 1940. The monoisotopic (exact) mass is 613 g/mol. The van der Waals surface area contributed by atoms with Crippen molar-refractivity contribution in [1.82, 2.24) is 9.13 Å². The molecule has 1 aliphatic heterocycles. The van der Waals surface area contributed by atoms with Crippen LogP contribution in [-0.2, 0) is 9.53 Å². The molecule has 0 fully saturated rings. The van der Waals surface area contributed by atoms with Crippen LogP contribution in [0.2, 0.25) is 0 Å². The van der Waals surface area contributed by atoms with E-state index >= 15 is 0 Å². The van der Waals surface area contributed by atoms with E-state index in [-0.39, 0.29) is 12.2 Å². The first-order valence-corrected chi connectivity index (χ1v) is 15.7. The van der Waals surface area contributed by atoms with Gasteiger partial charge in [0.1, 0.15) is 17.5 Å². The molecule has 0 radical (unpaired) electrons. The van der Waals surface area contributed by atoms with Crippen LogP contribution >= 0.6 is 11.3 Å². The van der Waals surface area contributed by atoms with Crippen LogP contribution in [0.5, 0.6) is 11.5 Å². The van der Waals surface area contributed by atoms with Gasteiger partial charge >= 0.3 is 5.97 Å². The van der Waals surface area contributed by atoms with Gasteiger partial charge in [0.05, 0.1) is 42.3 Å². The summed E-state index contributed by atoms with van der Waals surface area (Å²) in [7, 11) is 3.15. The number of esters is 1. The summed E-state index contributed by atoms with van der Waals surface area (Å²) >= 11 is 1.32. The number of aromatic nitrogens is 2. The third-order valence-electron chi connectivity index (χ3n) is 8.04. The minimum absolute atomic E-state index is 0.199. The van der Waals surface area contributed by atoms with Crippen LogP contribution in [0.15, 0.2) is 63.5 Å². The highest BCUT2D eigenvalue weighted by Gasteiger charge is 2.36. The van der Waals surface area contributed by atoms with Gasteiger partial charge < -0.3 is 18.8 Å². The highest BCUT2D eigenvalue weighted by Crippen LogP contribution is 2.39. The average Bonchev–Trinajstić information content (AvgIpc) is 3.46. The molecular formula is C35H39N3O5S. The number of fused-ring (bicyclic) bond motifs is 1. The van der Waals surface area contributed by atoms with Crippen molar-refractivity contribution in [3.8, 4) is 17.2 Å². The standard InChI is InChI=1S/C35H39N3O5S/c1-9-12-27-30(34(40)43-10-2)32(26-19-25(41-7)15-16-28(26)42-8)38-33(39)29(44-35(38)36-27)18-24-17-22(5)37(23(24)6)31-20(3)13-11-14-21(31)4/h11,13-19,32H,9-10,12H2,1-8H3/b29-18-/t32-/m0/s1. The first-order valence-electron chi connectivity index (χ1n) is 14.8. The maximum atomic E-state index is 14.4. The lowest BCUT2D eigenvalue weighted by molar-refractivity contribution is -0.139. The summed E-state index contributed by atoms with van der Waals surface area (Å²) in [4.78, 5) is 33.4. The fraction of sp³-hybridized carbons (Fsp3) is 0.343. The predicted octanol–water partition coefficient (Wildman–Crippen LogP) is 5.62. The van der Waals surface area contributed by atoms with Gasteiger partial charge in [-0.05, 0) is 88.1 Å². The van der Waals surface area contributed by atoms with Gasteiger partial charge in [0.25, 0.3) is 5.56 Å². The van der Waals surface area contributed by atoms with Crippen LogP contribution in [0.1, 0.15) is 66.4 Å². The lowest BCUT2D eigenvalue weighted by atomic mass is 9.93. The van der Waals surface area contributed by atoms with Crippen molar-refractivity contribution in [3.63, 3.8) is 0 Å². The number of ether oxygens (including phenoxy) is 3. The highest BCUT2D eigenvalue weighted by molar-refractivity contribution is 7.07. The Morgan fingerprint density at radius 1 is 1.02 bits per heavy atom. The Balaban J connectivity index is 1.79. The minimum Gasteiger partial charge on any atom is -0.497 e. The Hall–Kier alpha value is -4.37. The second-order valence-electron chi connectivity index (χ2n) is 10.9. The molecule has 1 atom stereocenters. The molecule has 0 N–H and O–H groups in total. The first-order chi connectivity index (χ1) is 21.1. The zero-order valence-corrected chi connectivity index (χ0v) is 27.4. The Morgan fingerprint density at radius 2 is 1.75 bits per heavy atom. The van der Waals surface area contributed by atoms with Gasteiger partial charge in [-0.3, -0.25) is 9.36 Å². The summed E-state index contributed by atoms with van der Waals surface area (Å²) in [6, 6.07) is 13.0. The molecule has 0 unspecified atom stereocenters. The molecule has 0 saturated heterocycles. The highest BCUT2D eigenvalue weighted by atomic mass is 32.1. The maximum absolute atomic E-state index is 14.4. The number of rotatable bonds is 9. The van der Waals surface area contributed by atoms with Gasteiger partial charge in [0, 0.05) is 17.0 Å². The first kappa shape index (κ1) is 31.1. The van der Waals surface area contributed by atoms with Crippen LogP contribution in [0.25, 0.3) is 11.8 Å². The van der Waals surface area contributed by atoms with Gasteiger partial charge in [-0.1, -0.05) is 42.9 Å². The molecule has 0 spiro atoms. The van der Waals surface area contributed by atoms with E-state index in [1.165, 1.54) is 22.5 Å². The number of allylic oxidation sites excluding steroid dienone is 1. The molecular weight excluding hydrogens is 574 g/mol. The van der Waals surface area contributed by atoms with E-state index < -0.39 is 12.0 Å². The van der Waals surface area contributed by atoms with Gasteiger partial charge in [0.15, 0.2) is 4.80 Å². The third kappa shape index (κ3) is 5.41. The molecule has 230 valence electrons. The number of benzene rings is 2. The van der Waals surface area contributed by atoms with Crippen LogP contribution < -0.4 is 24.4 Å². The molecule has 44 heavy (non-hydrogen) atoms. The average molecular weight is 614 g/mol. The second kappa shape index (κ2) is 12.7. The summed E-state index contributed by atoms with van der Waals surface area (Å²) < 4.78 is 21.2. The number of para-hydroxylation sites is 1. The SMILES string of the molecule is CCCC1=C(C(=O)OCC)[C@H](c2cc(OC)ccc2OC)n2c(s/c(=C\c3cc(C)n(-c4c(C)cccc4C)c3C)c2=O)=N1. The number of carbonyl (C=O) groups excluding carboxylic acids is 1. The van der Waals surface area contributed by atoms with E-state index in [9.17, 15) is 9.59 Å². The van der Waals surface area contributed by atoms with E-state index in [1.54, 1.807) is 37.8 Å². The number of thiazole rings is 1. The molecule has 0 bridgehead atoms.